The van der Waals surface area contributed by atoms with Crippen LogP contribution < -0.4 is 14.8 Å². The Hall–Kier alpha value is -1.26. The fourth-order valence-electron chi connectivity index (χ4n) is 2.33. The number of nitrogens with one attached hydrogen (secondary N) is 1. The molecule has 1 unspecified atom stereocenters. The van der Waals surface area contributed by atoms with Crippen molar-refractivity contribution in [3.63, 3.8) is 0 Å². The second-order valence-corrected chi connectivity index (χ2v) is 5.19. The molecule has 0 heterocycles. The van der Waals surface area contributed by atoms with Gasteiger partial charge in [-0.25, -0.2) is 0 Å². The number of methoxy groups -OCH3 is 1. The second kappa shape index (κ2) is 9.64. The van der Waals surface area contributed by atoms with Crippen LogP contribution in [0.15, 0.2) is 18.2 Å². The average molecular weight is 294 g/mol. The molecular formula is C17H30N2O2. The minimum Gasteiger partial charge on any atom is -0.493 e. The predicted molar refractivity (Wildman–Crippen MR) is 88.3 cm³/mol. The van der Waals surface area contributed by atoms with Crippen molar-refractivity contribution >= 4 is 0 Å². The Balaban J connectivity index is 2.56. The zero-order chi connectivity index (χ0) is 15.7. The van der Waals surface area contributed by atoms with Gasteiger partial charge in [0.1, 0.15) is 0 Å². The van der Waals surface area contributed by atoms with E-state index >= 15 is 0 Å². The molecule has 0 amide bonds. The third-order valence-electron chi connectivity index (χ3n) is 3.61. The molecule has 1 aromatic rings. The van der Waals surface area contributed by atoms with Gasteiger partial charge in [-0.1, -0.05) is 19.9 Å². The summed E-state index contributed by atoms with van der Waals surface area (Å²) in [6, 6.07) is 6.57. The molecule has 0 saturated heterocycles. The molecular weight excluding hydrogens is 264 g/mol. The number of rotatable bonds is 10. The van der Waals surface area contributed by atoms with Gasteiger partial charge < -0.3 is 19.7 Å². The highest BCUT2D eigenvalue weighted by molar-refractivity contribution is 5.42. The summed E-state index contributed by atoms with van der Waals surface area (Å²) in [7, 11) is 1.67. The molecule has 4 heteroatoms. The molecule has 0 spiro atoms. The maximum absolute atomic E-state index is 5.61. The van der Waals surface area contributed by atoms with Crippen molar-refractivity contribution in [1.82, 2.24) is 10.2 Å². The van der Waals surface area contributed by atoms with Crippen LogP contribution in [0.1, 0.15) is 33.3 Å². The summed E-state index contributed by atoms with van der Waals surface area (Å²) in [6.07, 6.45) is 0. The van der Waals surface area contributed by atoms with E-state index in [0.29, 0.717) is 12.6 Å². The molecule has 120 valence electrons. The van der Waals surface area contributed by atoms with Gasteiger partial charge in [0.05, 0.1) is 13.7 Å². The number of hydrogen-bond donors (Lipinski definition) is 1. The lowest BCUT2D eigenvalue weighted by atomic mass is 10.2. The summed E-state index contributed by atoms with van der Waals surface area (Å²) in [6.45, 7) is 13.4. The van der Waals surface area contributed by atoms with Crippen molar-refractivity contribution < 1.29 is 9.47 Å². The third kappa shape index (κ3) is 5.94. The van der Waals surface area contributed by atoms with E-state index in [1.165, 1.54) is 5.56 Å². The van der Waals surface area contributed by atoms with Gasteiger partial charge in [-0.3, -0.25) is 0 Å². The van der Waals surface area contributed by atoms with Gasteiger partial charge >= 0.3 is 0 Å². The molecule has 0 aliphatic rings. The molecule has 4 nitrogen and oxygen atoms in total. The summed E-state index contributed by atoms with van der Waals surface area (Å²) in [5.74, 6) is 1.60. The van der Waals surface area contributed by atoms with E-state index < -0.39 is 0 Å². The van der Waals surface area contributed by atoms with Crippen LogP contribution in [0.2, 0.25) is 0 Å². The van der Waals surface area contributed by atoms with Crippen LogP contribution in [-0.4, -0.2) is 44.3 Å². The maximum atomic E-state index is 5.61. The Morgan fingerprint density at radius 1 is 1.14 bits per heavy atom. The largest absolute Gasteiger partial charge is 0.493 e. The monoisotopic (exact) mass is 294 g/mol. The molecule has 0 fully saturated rings. The van der Waals surface area contributed by atoms with Gasteiger partial charge in [-0.05, 0) is 44.6 Å². The highest BCUT2D eigenvalue weighted by atomic mass is 16.5. The third-order valence-corrected chi connectivity index (χ3v) is 3.61. The van der Waals surface area contributed by atoms with E-state index in [4.69, 9.17) is 9.47 Å². The molecule has 1 N–H and O–H groups in total. The van der Waals surface area contributed by atoms with E-state index in [0.717, 1.165) is 37.7 Å². The lowest BCUT2D eigenvalue weighted by Crippen LogP contribution is -2.38. The molecule has 1 atom stereocenters. The Labute approximate surface area is 129 Å². The standard InChI is InChI=1S/C17H30N2O2/c1-6-19(7-2)13-14(4)18-12-15-9-10-16(20-5)17(11-15)21-8-3/h9-11,14,18H,6-8,12-13H2,1-5H3. The summed E-state index contributed by atoms with van der Waals surface area (Å²) in [5, 5.41) is 3.57. The van der Waals surface area contributed by atoms with Crippen molar-refractivity contribution in [2.24, 2.45) is 0 Å². The number of nitrogens with zero attached hydrogens (tertiary/aromatic N) is 1. The smallest absolute Gasteiger partial charge is 0.161 e. The Morgan fingerprint density at radius 2 is 1.86 bits per heavy atom. The van der Waals surface area contributed by atoms with Crippen molar-refractivity contribution in [2.45, 2.75) is 40.3 Å². The predicted octanol–water partition coefficient (Wildman–Crippen LogP) is 2.91. The number of benzene rings is 1. The van der Waals surface area contributed by atoms with Crippen molar-refractivity contribution in [3.05, 3.63) is 23.8 Å². The van der Waals surface area contributed by atoms with Crippen LogP contribution >= 0.6 is 0 Å². The first kappa shape index (κ1) is 17.8. The molecule has 0 saturated carbocycles. The lowest BCUT2D eigenvalue weighted by Gasteiger charge is -2.23. The summed E-state index contributed by atoms with van der Waals surface area (Å²) >= 11 is 0. The summed E-state index contributed by atoms with van der Waals surface area (Å²) in [5.41, 5.74) is 1.21. The number of likely N-dealkylation sites (N-methyl/N-ethyl adjacent to an activating group) is 1. The molecule has 0 aromatic heterocycles. The lowest BCUT2D eigenvalue weighted by molar-refractivity contribution is 0.270. The number of hydrogen-bond acceptors (Lipinski definition) is 4. The van der Waals surface area contributed by atoms with Gasteiger partial charge in [0.2, 0.25) is 0 Å². The molecule has 1 aromatic carbocycles. The van der Waals surface area contributed by atoms with Crippen LogP contribution in [0, 0.1) is 0 Å². The fraction of sp³-hybridized carbons (Fsp3) is 0.647. The van der Waals surface area contributed by atoms with Gasteiger partial charge in [-0.15, -0.1) is 0 Å². The Morgan fingerprint density at radius 3 is 2.43 bits per heavy atom. The maximum Gasteiger partial charge on any atom is 0.161 e. The van der Waals surface area contributed by atoms with Crippen LogP contribution in [-0.2, 0) is 6.54 Å². The second-order valence-electron chi connectivity index (χ2n) is 5.19. The summed E-state index contributed by atoms with van der Waals surface area (Å²) in [4.78, 5) is 2.43. The topological polar surface area (TPSA) is 33.7 Å². The Bertz CT molecular complexity index is 406. The molecule has 1 rings (SSSR count). The zero-order valence-electron chi connectivity index (χ0n) is 14.1. The van der Waals surface area contributed by atoms with Crippen LogP contribution in [0.5, 0.6) is 11.5 Å². The first-order valence-electron chi connectivity index (χ1n) is 7.89. The normalized spacial score (nSPS) is 12.5. The molecule has 0 bridgehead atoms. The number of ether oxygens (including phenoxy) is 2. The van der Waals surface area contributed by atoms with E-state index in [9.17, 15) is 0 Å². The first-order chi connectivity index (χ1) is 10.1. The Kier molecular flexibility index (Phi) is 8.16. The minimum atomic E-state index is 0.461. The van der Waals surface area contributed by atoms with Crippen LogP contribution in [0.3, 0.4) is 0 Å². The highest BCUT2D eigenvalue weighted by Gasteiger charge is 2.08. The molecule has 0 aliphatic heterocycles. The fourth-order valence-corrected chi connectivity index (χ4v) is 2.33. The van der Waals surface area contributed by atoms with Gasteiger partial charge in [0.15, 0.2) is 11.5 Å². The van der Waals surface area contributed by atoms with E-state index in [2.05, 4.69) is 43.1 Å². The molecule has 0 radical (unpaired) electrons. The SMILES string of the molecule is CCOc1cc(CNC(C)CN(CC)CC)ccc1OC. The van der Waals surface area contributed by atoms with Crippen molar-refractivity contribution in [1.29, 1.82) is 0 Å². The minimum absolute atomic E-state index is 0.461. The van der Waals surface area contributed by atoms with E-state index in [1.54, 1.807) is 7.11 Å². The van der Waals surface area contributed by atoms with Gasteiger partial charge in [0.25, 0.3) is 0 Å². The molecule has 0 aliphatic carbocycles. The van der Waals surface area contributed by atoms with Gasteiger partial charge in [-0.2, -0.15) is 0 Å². The van der Waals surface area contributed by atoms with Crippen LogP contribution in [0.4, 0.5) is 0 Å². The van der Waals surface area contributed by atoms with E-state index in [1.807, 2.05) is 13.0 Å². The molecule has 21 heavy (non-hydrogen) atoms. The zero-order valence-corrected chi connectivity index (χ0v) is 14.1. The highest BCUT2D eigenvalue weighted by Crippen LogP contribution is 2.27. The quantitative estimate of drug-likeness (QED) is 0.719. The first-order valence-corrected chi connectivity index (χ1v) is 7.89. The van der Waals surface area contributed by atoms with Crippen molar-refractivity contribution in [2.75, 3.05) is 33.4 Å². The van der Waals surface area contributed by atoms with Gasteiger partial charge in [0, 0.05) is 19.1 Å². The average Bonchev–Trinajstić information content (AvgIpc) is 2.51. The van der Waals surface area contributed by atoms with Crippen LogP contribution in [0.25, 0.3) is 0 Å². The van der Waals surface area contributed by atoms with Crippen molar-refractivity contribution in [3.8, 4) is 11.5 Å². The summed E-state index contributed by atoms with van der Waals surface area (Å²) < 4.78 is 10.9. The van der Waals surface area contributed by atoms with E-state index in [-0.39, 0.29) is 0 Å².